The van der Waals surface area contributed by atoms with Crippen LogP contribution in [-0.4, -0.2) is 58.2 Å². The van der Waals surface area contributed by atoms with Crippen LogP contribution >= 0.6 is 22.7 Å². The number of carbonyl (C=O) groups is 2. The van der Waals surface area contributed by atoms with Gasteiger partial charge in [-0.05, 0) is 99.2 Å². The van der Waals surface area contributed by atoms with Gasteiger partial charge in [-0.2, -0.15) is 16.8 Å². The topological polar surface area (TPSA) is 280 Å². The summed E-state index contributed by atoms with van der Waals surface area (Å²) in [5, 5.41) is 33.2. The predicted octanol–water partition coefficient (Wildman–Crippen LogP) is 9.63. The van der Waals surface area contributed by atoms with Gasteiger partial charge in [-0.1, -0.05) is 53.0 Å². The fraction of sp³-hybridized carbons (Fsp3) is 0.178. The van der Waals surface area contributed by atoms with E-state index in [9.17, 15) is 35.5 Å². The molecule has 0 spiro atoms. The van der Waals surface area contributed by atoms with Gasteiger partial charge in [0.25, 0.3) is 20.2 Å². The van der Waals surface area contributed by atoms with Crippen LogP contribution in [0.15, 0.2) is 85.9 Å². The van der Waals surface area contributed by atoms with Crippen molar-refractivity contribution in [3.63, 3.8) is 0 Å². The first-order valence-corrected chi connectivity index (χ1v) is 25.0. The Hall–Kier alpha value is -7.15. The Balaban J connectivity index is 1.32. The van der Waals surface area contributed by atoms with Crippen molar-refractivity contribution in [1.82, 2.24) is 20.4 Å². The Morgan fingerprint density at radius 1 is 0.603 bits per heavy atom. The zero-order chi connectivity index (χ0) is 49.0. The molecule has 350 valence electrons. The lowest BCUT2D eigenvalue weighted by molar-refractivity contribution is -0.115. The molecular formula is C45H42N10O9S4. The van der Waals surface area contributed by atoms with Crippen LogP contribution in [0.2, 0.25) is 0 Å². The molecule has 19 nitrogen and oxygen atoms in total. The number of aromatic nitrogens is 4. The monoisotopic (exact) mass is 994 g/mol. The van der Waals surface area contributed by atoms with Gasteiger partial charge in [0.05, 0.1) is 11.0 Å². The average molecular weight is 995 g/mol. The summed E-state index contributed by atoms with van der Waals surface area (Å²) in [5.41, 5.74) is 8.27. The molecule has 23 heteroatoms. The molecule has 2 aliphatic rings. The number of benzene rings is 5. The SMILES string of the molecule is CC(=O)Nc1nnc(Nc2c(C)cc(C)c(/N=c3/cc4oc5cc(Nc6c(C)cc(C)c(Nc7nnc(NC(C)=O)s7)c6C)ccc5c(-c5ccccc5S(=O)(=O)O)c-4cc3S(=O)(=O)O)c2C)s1. The molecule has 0 saturated heterocycles. The van der Waals surface area contributed by atoms with E-state index in [4.69, 9.17) is 9.41 Å². The molecule has 0 atom stereocenters. The zero-order valence-electron chi connectivity index (χ0n) is 37.5. The molecule has 2 aromatic heterocycles. The summed E-state index contributed by atoms with van der Waals surface area (Å²) in [7, 11) is -9.86. The molecule has 2 amide bonds. The zero-order valence-corrected chi connectivity index (χ0v) is 40.7. The van der Waals surface area contributed by atoms with Gasteiger partial charge in [-0.25, -0.2) is 4.99 Å². The van der Waals surface area contributed by atoms with Crippen molar-refractivity contribution in [3.8, 4) is 22.5 Å². The number of hydrogen-bond acceptors (Lipinski definition) is 17. The molecular weight excluding hydrogens is 953 g/mol. The highest BCUT2D eigenvalue weighted by atomic mass is 32.2. The molecule has 1 aliphatic heterocycles. The molecule has 0 fully saturated rings. The number of nitrogens with zero attached hydrogens (tertiary/aromatic N) is 5. The largest absolute Gasteiger partial charge is 0.456 e. The smallest absolute Gasteiger partial charge is 0.296 e. The number of hydrogen-bond donors (Lipinski definition) is 7. The molecule has 0 radical (unpaired) electrons. The lowest BCUT2D eigenvalue weighted by atomic mass is 9.93. The van der Waals surface area contributed by atoms with Crippen molar-refractivity contribution >= 4 is 115 Å². The minimum Gasteiger partial charge on any atom is -0.456 e. The maximum Gasteiger partial charge on any atom is 0.296 e. The van der Waals surface area contributed by atoms with Gasteiger partial charge in [-0.3, -0.25) is 18.7 Å². The van der Waals surface area contributed by atoms with Crippen molar-refractivity contribution < 1.29 is 39.9 Å². The highest BCUT2D eigenvalue weighted by Gasteiger charge is 2.27. The minimum absolute atomic E-state index is 0.0334. The number of anilines is 8. The quantitative estimate of drug-likeness (QED) is 0.0443. The van der Waals surface area contributed by atoms with Crippen LogP contribution in [0.5, 0.6) is 0 Å². The number of fused-ring (bicyclic) bond motifs is 2. The lowest BCUT2D eigenvalue weighted by Crippen LogP contribution is -2.16. The van der Waals surface area contributed by atoms with Crippen LogP contribution < -0.4 is 31.9 Å². The number of aryl methyl sites for hydroxylation is 4. The summed E-state index contributed by atoms with van der Waals surface area (Å²) < 4.78 is 80.3. The molecule has 3 heterocycles. The van der Waals surface area contributed by atoms with E-state index in [-0.39, 0.29) is 50.3 Å². The van der Waals surface area contributed by atoms with Gasteiger partial charge in [0.2, 0.25) is 32.3 Å². The second kappa shape index (κ2) is 18.2. The second-order valence-electron chi connectivity index (χ2n) is 15.9. The first kappa shape index (κ1) is 47.3. The fourth-order valence-corrected chi connectivity index (χ4v) is 10.7. The third kappa shape index (κ3) is 9.65. The Morgan fingerprint density at radius 2 is 1.13 bits per heavy atom. The van der Waals surface area contributed by atoms with Crippen molar-refractivity contribution in [3.05, 3.63) is 105 Å². The summed E-state index contributed by atoms with van der Waals surface area (Å²) in [4.78, 5) is 27.0. The van der Waals surface area contributed by atoms with E-state index < -0.39 is 30.0 Å². The summed E-state index contributed by atoms with van der Waals surface area (Å²) in [6.45, 7) is 14.0. The number of nitrogens with one attached hydrogen (secondary N) is 5. The first-order chi connectivity index (χ1) is 32.0. The second-order valence-corrected chi connectivity index (χ2v) is 20.6. The van der Waals surface area contributed by atoms with Gasteiger partial charge in [0, 0.05) is 70.8 Å². The van der Waals surface area contributed by atoms with E-state index in [1.165, 1.54) is 55.5 Å². The minimum atomic E-state index is -5.02. The molecule has 68 heavy (non-hydrogen) atoms. The van der Waals surface area contributed by atoms with E-state index >= 15 is 0 Å². The van der Waals surface area contributed by atoms with Crippen LogP contribution in [0.3, 0.4) is 0 Å². The standard InChI is InChI=1S/C45H42N10O9S4/c1-20-15-22(3)40(50-44-54-52-42(65-44)46-26(7)56)24(5)38(20)48-28-13-14-29-33(17-28)64-34-19-32(36(68(61,62)63)18-31(34)37(29)30-11-9-10-12-35(30)67(58,59)60)49-39-21(2)16-23(4)41(25(39)6)51-45-55-53-43(66-45)47-27(8)57/h9-19,48H,1-8H3,(H,50,54)(H,51,55)(H,46,52,56)(H,47,53,57)(H,58,59,60)(H,61,62,63)/b49-32-. The molecule has 0 bridgehead atoms. The van der Waals surface area contributed by atoms with E-state index in [0.717, 1.165) is 45.0 Å². The van der Waals surface area contributed by atoms with Gasteiger partial charge < -0.3 is 31.0 Å². The molecule has 1 aliphatic carbocycles. The Labute approximate surface area is 397 Å². The Kier molecular flexibility index (Phi) is 12.6. The van der Waals surface area contributed by atoms with Gasteiger partial charge in [0.1, 0.15) is 21.1 Å². The van der Waals surface area contributed by atoms with Crippen LogP contribution in [0.4, 0.5) is 49.0 Å². The number of carbonyl (C=O) groups excluding carboxylic acids is 2. The van der Waals surface area contributed by atoms with E-state index in [2.05, 4.69) is 47.0 Å². The van der Waals surface area contributed by atoms with Crippen LogP contribution in [0.1, 0.15) is 47.2 Å². The molecule has 0 saturated carbocycles. The summed E-state index contributed by atoms with van der Waals surface area (Å²) in [5.74, 6) is -0.520. The van der Waals surface area contributed by atoms with Gasteiger partial charge >= 0.3 is 0 Å². The third-order valence-electron chi connectivity index (χ3n) is 10.8. The summed E-state index contributed by atoms with van der Waals surface area (Å²) in [6.07, 6.45) is 0. The first-order valence-electron chi connectivity index (χ1n) is 20.4. The number of amides is 2. The maximum atomic E-state index is 13.3. The van der Waals surface area contributed by atoms with E-state index in [1.54, 1.807) is 38.1 Å². The van der Waals surface area contributed by atoms with Crippen LogP contribution in [-0.2, 0) is 29.8 Å². The maximum absolute atomic E-state index is 13.3. The Morgan fingerprint density at radius 3 is 1.71 bits per heavy atom. The molecule has 7 N–H and O–H groups in total. The number of rotatable bonds is 12. The van der Waals surface area contributed by atoms with Crippen molar-refractivity contribution in [2.24, 2.45) is 4.99 Å². The van der Waals surface area contributed by atoms with E-state index in [0.29, 0.717) is 49.0 Å². The highest BCUT2D eigenvalue weighted by molar-refractivity contribution is 7.86. The molecule has 0 unspecified atom stereocenters. The van der Waals surface area contributed by atoms with Gasteiger partial charge in [0.15, 0.2) is 0 Å². The Bertz CT molecular complexity index is 3660. The summed E-state index contributed by atoms with van der Waals surface area (Å²) >= 11 is 2.28. The molecule has 6 aromatic rings. The lowest BCUT2D eigenvalue weighted by Gasteiger charge is -2.21. The molecule has 8 rings (SSSR count). The third-order valence-corrected chi connectivity index (χ3v) is 14.1. The fourth-order valence-electron chi connectivity index (χ4n) is 8.00. The summed E-state index contributed by atoms with van der Waals surface area (Å²) in [6, 6.07) is 17.2. The van der Waals surface area contributed by atoms with Crippen molar-refractivity contribution in [2.45, 2.75) is 65.2 Å². The van der Waals surface area contributed by atoms with Gasteiger partial charge in [-0.15, -0.1) is 20.4 Å². The van der Waals surface area contributed by atoms with Crippen LogP contribution in [0.25, 0.3) is 33.4 Å². The van der Waals surface area contributed by atoms with E-state index in [1.807, 2.05) is 39.8 Å². The van der Waals surface area contributed by atoms with Crippen molar-refractivity contribution in [2.75, 3.05) is 26.6 Å². The average Bonchev–Trinajstić information content (AvgIpc) is 3.89. The predicted molar refractivity (Wildman–Crippen MR) is 263 cm³/mol. The molecule has 4 aromatic carbocycles. The van der Waals surface area contributed by atoms with Crippen molar-refractivity contribution in [1.29, 1.82) is 0 Å². The highest BCUT2D eigenvalue weighted by Crippen LogP contribution is 2.45. The normalized spacial score (nSPS) is 12.1. The van der Waals surface area contributed by atoms with Crippen LogP contribution in [0, 0.1) is 41.5 Å².